The fourth-order valence-corrected chi connectivity index (χ4v) is 1.69. The number of rotatable bonds is 2. The van der Waals surface area contributed by atoms with E-state index in [9.17, 15) is 9.59 Å². The Morgan fingerprint density at radius 2 is 1.36 bits per heavy atom. The van der Waals surface area contributed by atoms with Gasteiger partial charge in [-0.05, 0) is 24.3 Å². The number of benzene rings is 1. The van der Waals surface area contributed by atoms with Crippen molar-refractivity contribution in [3.8, 4) is 11.8 Å². The Morgan fingerprint density at radius 1 is 0.864 bits per heavy atom. The molecular weight excluding hydrogens is 282 g/mol. The molecule has 0 saturated heterocycles. The minimum Gasteiger partial charge on any atom is -0.464 e. The first-order valence-electron chi connectivity index (χ1n) is 6.40. The van der Waals surface area contributed by atoms with Crippen molar-refractivity contribution in [3.05, 3.63) is 65.0 Å². The second-order valence-corrected chi connectivity index (χ2v) is 4.23. The fourth-order valence-electron chi connectivity index (χ4n) is 1.69. The standard InChI is InChI=1S/C17H13NO4/c1-21-16(19)14-10-13(11-15(18-14)17(20)22-2)9-8-12-6-4-3-5-7-12/h3-7,10-11H,1-2H3. The van der Waals surface area contributed by atoms with E-state index in [1.165, 1.54) is 26.4 Å². The van der Waals surface area contributed by atoms with Crippen molar-refractivity contribution in [3.63, 3.8) is 0 Å². The molecule has 0 aliphatic carbocycles. The molecule has 0 fully saturated rings. The lowest BCUT2D eigenvalue weighted by molar-refractivity contribution is 0.0585. The largest absolute Gasteiger partial charge is 0.464 e. The van der Waals surface area contributed by atoms with Crippen LogP contribution in [0, 0.1) is 11.8 Å². The molecule has 5 nitrogen and oxygen atoms in total. The molecule has 110 valence electrons. The van der Waals surface area contributed by atoms with Gasteiger partial charge in [-0.1, -0.05) is 30.0 Å². The van der Waals surface area contributed by atoms with Crippen LogP contribution in [0.4, 0.5) is 0 Å². The van der Waals surface area contributed by atoms with E-state index in [0.29, 0.717) is 5.56 Å². The van der Waals surface area contributed by atoms with Crippen LogP contribution in [0.1, 0.15) is 32.1 Å². The van der Waals surface area contributed by atoms with Crippen LogP contribution in [-0.4, -0.2) is 31.1 Å². The Hall–Kier alpha value is -3.13. The van der Waals surface area contributed by atoms with Crippen LogP contribution in [0.3, 0.4) is 0 Å². The molecule has 0 saturated carbocycles. The molecule has 0 amide bonds. The molecule has 1 aromatic heterocycles. The van der Waals surface area contributed by atoms with Gasteiger partial charge in [-0.25, -0.2) is 14.6 Å². The number of hydrogen-bond donors (Lipinski definition) is 0. The molecule has 0 N–H and O–H groups in total. The van der Waals surface area contributed by atoms with E-state index in [-0.39, 0.29) is 11.4 Å². The normalized spacial score (nSPS) is 9.36. The zero-order chi connectivity index (χ0) is 15.9. The lowest BCUT2D eigenvalue weighted by Gasteiger charge is -2.03. The molecule has 0 atom stereocenters. The number of esters is 2. The monoisotopic (exact) mass is 295 g/mol. The van der Waals surface area contributed by atoms with Crippen LogP contribution in [0.5, 0.6) is 0 Å². The van der Waals surface area contributed by atoms with Crippen molar-refractivity contribution in [1.82, 2.24) is 4.98 Å². The van der Waals surface area contributed by atoms with Gasteiger partial charge in [0.25, 0.3) is 0 Å². The lowest BCUT2D eigenvalue weighted by Crippen LogP contribution is -2.11. The quantitative estimate of drug-likeness (QED) is 0.626. The molecule has 2 aromatic rings. The number of nitrogens with zero attached hydrogens (tertiary/aromatic N) is 1. The summed E-state index contributed by atoms with van der Waals surface area (Å²) < 4.78 is 9.24. The summed E-state index contributed by atoms with van der Waals surface area (Å²) >= 11 is 0. The number of aromatic nitrogens is 1. The molecule has 0 aliphatic heterocycles. The molecule has 0 radical (unpaired) electrons. The smallest absolute Gasteiger partial charge is 0.356 e. The van der Waals surface area contributed by atoms with Gasteiger partial charge in [0.2, 0.25) is 0 Å². The highest BCUT2D eigenvalue weighted by Crippen LogP contribution is 2.08. The van der Waals surface area contributed by atoms with Gasteiger partial charge in [0.1, 0.15) is 0 Å². The number of pyridine rings is 1. The van der Waals surface area contributed by atoms with Crippen LogP contribution in [0.15, 0.2) is 42.5 Å². The topological polar surface area (TPSA) is 65.5 Å². The Balaban J connectivity index is 2.44. The summed E-state index contributed by atoms with van der Waals surface area (Å²) in [5.74, 6) is 4.55. The second kappa shape index (κ2) is 7.04. The van der Waals surface area contributed by atoms with E-state index in [2.05, 4.69) is 26.3 Å². The van der Waals surface area contributed by atoms with Crippen LogP contribution >= 0.6 is 0 Å². The first kappa shape index (κ1) is 15.3. The number of hydrogen-bond acceptors (Lipinski definition) is 5. The summed E-state index contributed by atoms with van der Waals surface area (Å²) in [6.07, 6.45) is 0. The average molecular weight is 295 g/mol. The molecule has 22 heavy (non-hydrogen) atoms. The Kier molecular flexibility index (Phi) is 4.89. The summed E-state index contributed by atoms with van der Waals surface area (Å²) in [5.41, 5.74) is 1.30. The summed E-state index contributed by atoms with van der Waals surface area (Å²) in [4.78, 5) is 27.1. The molecule has 1 heterocycles. The van der Waals surface area contributed by atoms with Gasteiger partial charge in [-0.3, -0.25) is 0 Å². The predicted octanol–water partition coefficient (Wildman–Crippen LogP) is 2.05. The fraction of sp³-hybridized carbons (Fsp3) is 0.118. The van der Waals surface area contributed by atoms with E-state index in [4.69, 9.17) is 0 Å². The molecule has 0 aliphatic rings. The van der Waals surface area contributed by atoms with E-state index >= 15 is 0 Å². The highest BCUT2D eigenvalue weighted by molar-refractivity contribution is 5.92. The minimum atomic E-state index is -0.645. The van der Waals surface area contributed by atoms with Crippen molar-refractivity contribution in [1.29, 1.82) is 0 Å². The third-order valence-corrected chi connectivity index (χ3v) is 2.74. The van der Waals surface area contributed by atoms with Crippen LogP contribution in [0.25, 0.3) is 0 Å². The summed E-state index contributed by atoms with van der Waals surface area (Å²) in [6.45, 7) is 0. The number of methoxy groups -OCH3 is 2. The van der Waals surface area contributed by atoms with Gasteiger partial charge in [0, 0.05) is 11.1 Å². The summed E-state index contributed by atoms with van der Waals surface area (Å²) in [5, 5.41) is 0. The van der Waals surface area contributed by atoms with Crippen molar-refractivity contribution in [2.24, 2.45) is 0 Å². The SMILES string of the molecule is COC(=O)c1cc(C#Cc2ccccc2)cc(C(=O)OC)n1. The predicted molar refractivity (Wildman–Crippen MR) is 79.3 cm³/mol. The minimum absolute atomic E-state index is 0.00256. The van der Waals surface area contributed by atoms with Crippen LogP contribution in [0.2, 0.25) is 0 Å². The summed E-state index contributed by atoms with van der Waals surface area (Å²) in [6, 6.07) is 12.3. The zero-order valence-corrected chi connectivity index (χ0v) is 12.1. The maximum Gasteiger partial charge on any atom is 0.356 e. The second-order valence-electron chi connectivity index (χ2n) is 4.23. The van der Waals surface area contributed by atoms with Crippen LogP contribution in [-0.2, 0) is 9.47 Å². The average Bonchev–Trinajstić information content (AvgIpc) is 2.59. The Bertz CT molecular complexity index is 723. The first-order valence-corrected chi connectivity index (χ1v) is 6.40. The van der Waals surface area contributed by atoms with E-state index in [1.807, 2.05) is 30.3 Å². The van der Waals surface area contributed by atoms with Crippen LogP contribution < -0.4 is 0 Å². The number of carbonyl (C=O) groups excluding carboxylic acids is 2. The number of carbonyl (C=O) groups is 2. The van der Waals surface area contributed by atoms with E-state index in [1.54, 1.807) is 0 Å². The molecular formula is C17H13NO4. The Labute approximate surface area is 127 Å². The van der Waals surface area contributed by atoms with Gasteiger partial charge in [0.15, 0.2) is 11.4 Å². The molecule has 0 spiro atoms. The lowest BCUT2D eigenvalue weighted by atomic mass is 10.1. The van der Waals surface area contributed by atoms with Crippen molar-refractivity contribution < 1.29 is 19.1 Å². The first-order chi connectivity index (χ1) is 10.6. The van der Waals surface area contributed by atoms with E-state index < -0.39 is 11.9 Å². The molecule has 0 bridgehead atoms. The maximum absolute atomic E-state index is 11.6. The van der Waals surface area contributed by atoms with Gasteiger partial charge in [-0.2, -0.15) is 0 Å². The van der Waals surface area contributed by atoms with Gasteiger partial charge < -0.3 is 9.47 Å². The Morgan fingerprint density at radius 3 is 1.86 bits per heavy atom. The maximum atomic E-state index is 11.6. The van der Waals surface area contributed by atoms with Gasteiger partial charge in [0.05, 0.1) is 14.2 Å². The molecule has 5 heteroatoms. The third kappa shape index (κ3) is 3.70. The highest BCUT2D eigenvalue weighted by Gasteiger charge is 2.14. The van der Waals surface area contributed by atoms with Crippen molar-refractivity contribution in [2.75, 3.05) is 14.2 Å². The van der Waals surface area contributed by atoms with Crippen molar-refractivity contribution >= 4 is 11.9 Å². The molecule has 0 unspecified atom stereocenters. The zero-order valence-electron chi connectivity index (χ0n) is 12.1. The summed E-state index contributed by atoms with van der Waals surface area (Å²) in [7, 11) is 2.48. The molecule has 2 rings (SSSR count). The van der Waals surface area contributed by atoms with Gasteiger partial charge in [-0.15, -0.1) is 0 Å². The third-order valence-electron chi connectivity index (χ3n) is 2.74. The van der Waals surface area contributed by atoms with Gasteiger partial charge >= 0.3 is 11.9 Å². The van der Waals surface area contributed by atoms with E-state index in [0.717, 1.165) is 5.56 Å². The number of ether oxygens (including phenoxy) is 2. The van der Waals surface area contributed by atoms with Crippen molar-refractivity contribution in [2.45, 2.75) is 0 Å². The molecule has 1 aromatic carbocycles. The highest BCUT2D eigenvalue weighted by atomic mass is 16.5.